The first-order chi connectivity index (χ1) is 10.8. The number of fused-ring (bicyclic) bond motifs is 1. The number of hydrogen-bond donors (Lipinski definition) is 1. The maximum atomic E-state index is 12.0. The van der Waals surface area contributed by atoms with Crippen LogP contribution in [0.15, 0.2) is 18.2 Å². The second-order valence-electron chi connectivity index (χ2n) is 5.90. The quantitative estimate of drug-likeness (QED) is 0.927. The van der Waals surface area contributed by atoms with Gasteiger partial charge in [0.25, 0.3) is 0 Å². The second kappa shape index (κ2) is 7.49. The number of ether oxygens (including phenoxy) is 3. The first kappa shape index (κ1) is 15.2. The lowest BCUT2D eigenvalue weighted by Crippen LogP contribution is -2.28. The molecule has 0 spiro atoms. The average Bonchev–Trinajstić information content (AvgIpc) is 2.78. The summed E-state index contributed by atoms with van der Waals surface area (Å²) in [4.78, 5) is 12.0. The number of nitrogens with one attached hydrogen (secondary N) is 1. The summed E-state index contributed by atoms with van der Waals surface area (Å²) < 4.78 is 16.7. The molecule has 0 bridgehead atoms. The predicted molar refractivity (Wildman–Crippen MR) is 82.1 cm³/mol. The predicted octanol–water partition coefficient (Wildman–Crippen LogP) is 2.28. The molecule has 1 amide bonds. The number of hydrogen-bond acceptors (Lipinski definition) is 4. The lowest BCUT2D eigenvalue weighted by Gasteiger charge is -2.21. The zero-order valence-electron chi connectivity index (χ0n) is 12.8. The minimum atomic E-state index is 0.0858. The minimum Gasteiger partial charge on any atom is -0.490 e. The van der Waals surface area contributed by atoms with Crippen LogP contribution in [0.2, 0.25) is 0 Å². The first-order valence-electron chi connectivity index (χ1n) is 8.04. The summed E-state index contributed by atoms with van der Waals surface area (Å²) in [6, 6.07) is 5.83. The van der Waals surface area contributed by atoms with Crippen molar-refractivity contribution in [1.82, 2.24) is 5.32 Å². The molecule has 0 saturated carbocycles. The Morgan fingerprint density at radius 3 is 2.82 bits per heavy atom. The van der Waals surface area contributed by atoms with Gasteiger partial charge < -0.3 is 19.5 Å². The molecule has 0 aromatic heterocycles. The molecule has 22 heavy (non-hydrogen) atoms. The van der Waals surface area contributed by atoms with Gasteiger partial charge in [0.05, 0.1) is 13.2 Å². The molecule has 1 atom stereocenters. The van der Waals surface area contributed by atoms with Crippen molar-refractivity contribution in [2.45, 2.75) is 32.2 Å². The standard InChI is InChI=1S/C17H23NO4/c19-17(10-14-3-1-6-20-12-14)18-11-13-4-5-15-16(9-13)22-8-2-7-21-15/h4-5,9,14H,1-3,6-8,10-12H2,(H,18,19)/t14-/m1/s1. The highest BCUT2D eigenvalue weighted by atomic mass is 16.5. The van der Waals surface area contributed by atoms with Gasteiger partial charge >= 0.3 is 0 Å². The number of carbonyl (C=O) groups is 1. The van der Waals surface area contributed by atoms with E-state index in [4.69, 9.17) is 14.2 Å². The van der Waals surface area contributed by atoms with Crippen LogP contribution in [-0.2, 0) is 16.1 Å². The van der Waals surface area contributed by atoms with Crippen LogP contribution in [0.1, 0.15) is 31.2 Å². The third-order valence-electron chi connectivity index (χ3n) is 4.03. The normalized spacial score (nSPS) is 21.0. The molecular weight excluding hydrogens is 282 g/mol. The van der Waals surface area contributed by atoms with E-state index in [1.54, 1.807) is 0 Å². The fourth-order valence-electron chi connectivity index (χ4n) is 2.82. The Morgan fingerprint density at radius 2 is 2.00 bits per heavy atom. The van der Waals surface area contributed by atoms with Crippen molar-refractivity contribution in [2.75, 3.05) is 26.4 Å². The molecule has 2 aliphatic rings. The number of amides is 1. The number of carbonyl (C=O) groups excluding carboxylic acids is 1. The van der Waals surface area contributed by atoms with Crippen molar-refractivity contribution >= 4 is 5.91 Å². The summed E-state index contributed by atoms with van der Waals surface area (Å²) in [5, 5.41) is 2.98. The van der Waals surface area contributed by atoms with E-state index in [9.17, 15) is 4.79 Å². The molecule has 0 aliphatic carbocycles. The zero-order valence-corrected chi connectivity index (χ0v) is 12.8. The Kier molecular flexibility index (Phi) is 5.16. The van der Waals surface area contributed by atoms with E-state index in [1.165, 1.54) is 0 Å². The molecule has 5 heteroatoms. The van der Waals surface area contributed by atoms with Crippen LogP contribution in [0.3, 0.4) is 0 Å². The van der Waals surface area contributed by atoms with E-state index in [2.05, 4.69) is 5.32 Å². The van der Waals surface area contributed by atoms with Crippen LogP contribution in [0.25, 0.3) is 0 Å². The summed E-state index contributed by atoms with van der Waals surface area (Å²) in [5.74, 6) is 2.00. The van der Waals surface area contributed by atoms with Gasteiger partial charge in [0.15, 0.2) is 11.5 Å². The van der Waals surface area contributed by atoms with Crippen LogP contribution in [0.5, 0.6) is 11.5 Å². The summed E-state index contributed by atoms with van der Waals surface area (Å²) in [6.45, 7) is 3.41. The van der Waals surface area contributed by atoms with Crippen molar-refractivity contribution in [2.24, 2.45) is 5.92 Å². The Morgan fingerprint density at radius 1 is 1.14 bits per heavy atom. The third-order valence-corrected chi connectivity index (χ3v) is 4.03. The van der Waals surface area contributed by atoms with Gasteiger partial charge in [-0.25, -0.2) is 0 Å². The first-order valence-corrected chi connectivity index (χ1v) is 8.04. The molecular formula is C17H23NO4. The Hall–Kier alpha value is -1.75. The molecule has 1 aromatic rings. The van der Waals surface area contributed by atoms with Crippen molar-refractivity contribution in [3.8, 4) is 11.5 Å². The maximum Gasteiger partial charge on any atom is 0.220 e. The Labute approximate surface area is 130 Å². The van der Waals surface area contributed by atoms with Gasteiger partial charge in [0.2, 0.25) is 5.91 Å². The van der Waals surface area contributed by atoms with Crippen LogP contribution >= 0.6 is 0 Å². The van der Waals surface area contributed by atoms with E-state index in [1.807, 2.05) is 18.2 Å². The van der Waals surface area contributed by atoms with Crippen LogP contribution in [0.4, 0.5) is 0 Å². The molecule has 2 heterocycles. The van der Waals surface area contributed by atoms with E-state index < -0.39 is 0 Å². The summed E-state index contributed by atoms with van der Waals surface area (Å²) >= 11 is 0. The lowest BCUT2D eigenvalue weighted by atomic mass is 9.98. The fraction of sp³-hybridized carbons (Fsp3) is 0.588. The van der Waals surface area contributed by atoms with Gasteiger partial charge in [0, 0.05) is 32.6 Å². The van der Waals surface area contributed by atoms with E-state index >= 15 is 0 Å². The molecule has 3 rings (SSSR count). The van der Waals surface area contributed by atoms with Crippen molar-refractivity contribution in [3.63, 3.8) is 0 Å². The van der Waals surface area contributed by atoms with Gasteiger partial charge in [-0.15, -0.1) is 0 Å². The van der Waals surface area contributed by atoms with E-state index in [0.717, 1.165) is 42.9 Å². The number of benzene rings is 1. The summed E-state index contributed by atoms with van der Waals surface area (Å²) in [6.07, 6.45) is 3.58. The molecule has 1 N–H and O–H groups in total. The molecule has 0 unspecified atom stereocenters. The monoisotopic (exact) mass is 305 g/mol. The lowest BCUT2D eigenvalue weighted by molar-refractivity contribution is -0.123. The SMILES string of the molecule is O=C(C[C@H]1CCCOC1)NCc1ccc2c(c1)OCCCO2. The van der Waals surface area contributed by atoms with E-state index in [-0.39, 0.29) is 5.91 Å². The second-order valence-corrected chi connectivity index (χ2v) is 5.90. The van der Waals surface area contributed by atoms with Crippen molar-refractivity contribution < 1.29 is 19.0 Å². The molecule has 120 valence electrons. The minimum absolute atomic E-state index is 0.0858. The number of rotatable bonds is 4. The van der Waals surface area contributed by atoms with Crippen LogP contribution < -0.4 is 14.8 Å². The van der Waals surface area contributed by atoms with Gasteiger partial charge in [-0.1, -0.05) is 6.07 Å². The van der Waals surface area contributed by atoms with Crippen molar-refractivity contribution in [3.05, 3.63) is 23.8 Å². The largest absolute Gasteiger partial charge is 0.490 e. The summed E-state index contributed by atoms with van der Waals surface area (Å²) in [7, 11) is 0. The van der Waals surface area contributed by atoms with Gasteiger partial charge in [0.1, 0.15) is 0 Å². The fourth-order valence-corrected chi connectivity index (χ4v) is 2.82. The van der Waals surface area contributed by atoms with Gasteiger partial charge in [-0.05, 0) is 36.5 Å². The van der Waals surface area contributed by atoms with Crippen LogP contribution in [0, 0.1) is 5.92 Å². The molecule has 1 fully saturated rings. The zero-order chi connectivity index (χ0) is 15.2. The van der Waals surface area contributed by atoms with Gasteiger partial charge in [-0.2, -0.15) is 0 Å². The third kappa shape index (κ3) is 4.13. The Balaban J connectivity index is 1.50. The molecule has 1 aromatic carbocycles. The maximum absolute atomic E-state index is 12.0. The molecule has 5 nitrogen and oxygen atoms in total. The molecule has 0 radical (unpaired) electrons. The highest BCUT2D eigenvalue weighted by molar-refractivity contribution is 5.76. The molecule has 1 saturated heterocycles. The highest BCUT2D eigenvalue weighted by Crippen LogP contribution is 2.30. The smallest absolute Gasteiger partial charge is 0.220 e. The Bertz CT molecular complexity index is 511. The molecule has 2 aliphatic heterocycles. The van der Waals surface area contributed by atoms with Crippen molar-refractivity contribution in [1.29, 1.82) is 0 Å². The van der Waals surface area contributed by atoms with E-state index in [0.29, 0.717) is 38.7 Å². The average molecular weight is 305 g/mol. The summed E-state index contributed by atoms with van der Waals surface area (Å²) in [5.41, 5.74) is 1.03. The van der Waals surface area contributed by atoms with Crippen LogP contribution in [-0.4, -0.2) is 32.3 Å². The topological polar surface area (TPSA) is 56.8 Å². The van der Waals surface area contributed by atoms with Gasteiger partial charge in [-0.3, -0.25) is 4.79 Å². The highest BCUT2D eigenvalue weighted by Gasteiger charge is 2.17.